The number of hydrogen-bond donors (Lipinski definition) is 1. The molecule has 4 rings (SSSR count). The number of pyridine rings is 1. The molecule has 3 heterocycles. The summed E-state index contributed by atoms with van der Waals surface area (Å²) in [6, 6.07) is 18.1. The maximum atomic E-state index is 5.57. The van der Waals surface area contributed by atoms with Crippen molar-refractivity contribution < 1.29 is 4.76 Å². The number of nitrogens with zero attached hydrogens (tertiary/aromatic N) is 2. The van der Waals surface area contributed by atoms with Gasteiger partial charge in [0.2, 0.25) is 0 Å². The number of nitrogens with one attached hydrogen (secondary N) is 1. The van der Waals surface area contributed by atoms with Crippen molar-refractivity contribution in [2.45, 2.75) is 0 Å². The zero-order valence-corrected chi connectivity index (χ0v) is 10.7. The minimum atomic E-state index is -0.301. The third-order valence-electron chi connectivity index (χ3n) is 3.37. The van der Waals surface area contributed by atoms with E-state index in [-0.39, 0.29) is 7.05 Å². The Balaban J connectivity index is 1.68. The smallest absolute Gasteiger partial charge is 0.324 e. The highest BCUT2D eigenvalue weighted by Gasteiger charge is 2.28. The van der Waals surface area contributed by atoms with Crippen LogP contribution in [0.5, 0.6) is 0 Å². The molecule has 0 saturated heterocycles. The molecule has 0 unspecified atom stereocenters. The maximum Gasteiger partial charge on any atom is 0.498 e. The quantitative estimate of drug-likeness (QED) is 0.712. The van der Waals surface area contributed by atoms with Crippen LogP contribution in [-0.4, -0.2) is 17.3 Å². The zero-order chi connectivity index (χ0) is 13.4. The Morgan fingerprint density at radius 2 is 1.90 bits per heavy atom. The molecule has 0 saturated carbocycles. The second-order valence-electron chi connectivity index (χ2n) is 4.72. The molecule has 0 aliphatic carbocycles. The molecule has 0 radical (unpaired) electrons. The van der Waals surface area contributed by atoms with Gasteiger partial charge in [0.15, 0.2) is 0 Å². The second kappa shape index (κ2) is 4.54. The van der Waals surface area contributed by atoms with Crippen LogP contribution in [0, 0.1) is 0 Å². The van der Waals surface area contributed by atoms with E-state index in [0.29, 0.717) is 0 Å². The monoisotopic (exact) mass is 261 g/mol. The van der Waals surface area contributed by atoms with Crippen molar-refractivity contribution in [1.29, 1.82) is 0 Å². The lowest BCUT2D eigenvalue weighted by atomic mass is 9.77. The van der Waals surface area contributed by atoms with Gasteiger partial charge in [0.05, 0.1) is 0 Å². The summed E-state index contributed by atoms with van der Waals surface area (Å²) in [5, 5.41) is 0. The summed E-state index contributed by atoms with van der Waals surface area (Å²) in [6.07, 6.45) is 4.06. The molecular formula is C15H12BN3O. The van der Waals surface area contributed by atoms with Crippen LogP contribution in [-0.2, 0) is 4.76 Å². The topological polar surface area (TPSA) is 38.0 Å². The zero-order valence-electron chi connectivity index (χ0n) is 10.7. The van der Waals surface area contributed by atoms with Gasteiger partial charge in [0.25, 0.3) is 0 Å². The van der Waals surface area contributed by atoms with Gasteiger partial charge in [0, 0.05) is 23.5 Å². The second-order valence-corrected chi connectivity index (χ2v) is 4.72. The van der Waals surface area contributed by atoms with Crippen molar-refractivity contribution in [2.75, 3.05) is 0 Å². The standard InChI is InChI=1S/C15H12BN3O/c1-2-6-12(7-3-1)15-17-16(20-18-15)13-10-14-8-4-5-9-19(14)11-13/h1-11H,(H,17,18). The minimum Gasteiger partial charge on any atom is -0.324 e. The first-order valence-corrected chi connectivity index (χ1v) is 6.52. The average Bonchev–Trinajstić information content (AvgIpc) is 3.14. The van der Waals surface area contributed by atoms with E-state index in [1.54, 1.807) is 0 Å². The van der Waals surface area contributed by atoms with E-state index in [2.05, 4.69) is 26.9 Å². The van der Waals surface area contributed by atoms with Gasteiger partial charge in [0.1, 0.15) is 5.84 Å². The highest BCUT2D eigenvalue weighted by Crippen LogP contribution is 2.08. The average molecular weight is 261 g/mol. The van der Waals surface area contributed by atoms with E-state index in [1.165, 1.54) is 0 Å². The van der Waals surface area contributed by atoms with Crippen molar-refractivity contribution in [2.24, 2.45) is 4.90 Å². The summed E-state index contributed by atoms with van der Waals surface area (Å²) in [6.45, 7) is 0. The molecule has 1 aliphatic heterocycles. The van der Waals surface area contributed by atoms with Crippen molar-refractivity contribution >= 4 is 23.9 Å². The Kier molecular flexibility index (Phi) is 2.57. The van der Waals surface area contributed by atoms with Gasteiger partial charge < -0.3 is 4.40 Å². The number of hydrogen-bond acceptors (Lipinski definition) is 3. The molecule has 96 valence electrons. The Labute approximate surface area is 116 Å². The fourth-order valence-corrected chi connectivity index (χ4v) is 2.37. The summed E-state index contributed by atoms with van der Waals surface area (Å²) in [5.41, 5.74) is 6.10. The Morgan fingerprint density at radius 1 is 1.05 bits per heavy atom. The SMILES string of the molecule is c1ccc(C2=NB(c3cc4ccccn4c3)ON2)cc1. The lowest BCUT2D eigenvalue weighted by molar-refractivity contribution is 0.284. The predicted molar refractivity (Wildman–Crippen MR) is 80.0 cm³/mol. The molecule has 1 aromatic carbocycles. The van der Waals surface area contributed by atoms with Crippen LogP contribution in [0.1, 0.15) is 5.56 Å². The van der Waals surface area contributed by atoms with Crippen molar-refractivity contribution in [3.8, 4) is 0 Å². The van der Waals surface area contributed by atoms with Crippen LogP contribution < -0.4 is 10.9 Å². The Bertz CT molecular complexity index is 749. The highest BCUT2D eigenvalue weighted by atomic mass is 16.6. The molecule has 2 aromatic heterocycles. The molecule has 0 amide bonds. The third-order valence-corrected chi connectivity index (χ3v) is 3.37. The summed E-state index contributed by atoms with van der Waals surface area (Å²) < 4.78 is 7.63. The summed E-state index contributed by atoms with van der Waals surface area (Å²) in [7, 11) is -0.301. The molecule has 1 aliphatic rings. The number of fused-ring (bicyclic) bond motifs is 1. The fraction of sp³-hybridized carbons (Fsp3) is 0. The number of hydroxylamine groups is 1. The third kappa shape index (κ3) is 1.88. The molecule has 4 nitrogen and oxygen atoms in total. The Hall–Kier alpha value is -2.53. The fourth-order valence-electron chi connectivity index (χ4n) is 2.37. The van der Waals surface area contributed by atoms with Gasteiger partial charge in [-0.25, -0.2) is 0 Å². The largest absolute Gasteiger partial charge is 0.498 e. The molecule has 3 aromatic rings. The molecule has 1 N–H and O–H groups in total. The predicted octanol–water partition coefficient (Wildman–Crippen LogP) is 1.62. The first-order valence-electron chi connectivity index (χ1n) is 6.52. The van der Waals surface area contributed by atoms with Crippen LogP contribution in [0.2, 0.25) is 0 Å². The van der Waals surface area contributed by atoms with Gasteiger partial charge in [-0.15, -0.1) is 0 Å². The number of benzene rings is 1. The molecule has 5 heteroatoms. The van der Waals surface area contributed by atoms with Crippen LogP contribution in [0.4, 0.5) is 0 Å². The van der Waals surface area contributed by atoms with E-state index in [9.17, 15) is 0 Å². The summed E-state index contributed by atoms with van der Waals surface area (Å²) in [4.78, 5) is 4.59. The maximum absolute atomic E-state index is 5.57. The molecular weight excluding hydrogens is 249 g/mol. The Morgan fingerprint density at radius 3 is 2.75 bits per heavy atom. The van der Waals surface area contributed by atoms with Gasteiger partial charge in [-0.05, 0) is 23.7 Å². The first-order chi connectivity index (χ1) is 9.90. The summed E-state index contributed by atoms with van der Waals surface area (Å²) in [5.74, 6) is 0.769. The van der Waals surface area contributed by atoms with E-state index in [1.807, 2.05) is 54.9 Å². The molecule has 0 spiro atoms. The molecule has 0 fully saturated rings. The van der Waals surface area contributed by atoms with Crippen molar-refractivity contribution in [3.05, 3.63) is 72.6 Å². The van der Waals surface area contributed by atoms with Crippen molar-refractivity contribution in [3.63, 3.8) is 0 Å². The lowest BCUT2D eigenvalue weighted by Gasteiger charge is -2.00. The van der Waals surface area contributed by atoms with E-state index in [4.69, 9.17) is 4.76 Å². The minimum absolute atomic E-state index is 0.301. The van der Waals surface area contributed by atoms with Gasteiger partial charge in [-0.1, -0.05) is 36.4 Å². The van der Waals surface area contributed by atoms with Gasteiger partial charge in [-0.2, -0.15) is 0 Å². The van der Waals surface area contributed by atoms with E-state index in [0.717, 1.165) is 22.4 Å². The van der Waals surface area contributed by atoms with E-state index < -0.39 is 0 Å². The number of aromatic nitrogens is 1. The van der Waals surface area contributed by atoms with Crippen LogP contribution in [0.15, 0.2) is 71.9 Å². The van der Waals surface area contributed by atoms with Crippen LogP contribution in [0.25, 0.3) is 5.52 Å². The molecule has 0 bridgehead atoms. The van der Waals surface area contributed by atoms with Crippen molar-refractivity contribution in [1.82, 2.24) is 9.88 Å². The molecule has 20 heavy (non-hydrogen) atoms. The number of rotatable bonds is 2. The highest BCUT2D eigenvalue weighted by molar-refractivity contribution is 6.68. The van der Waals surface area contributed by atoms with E-state index >= 15 is 0 Å². The van der Waals surface area contributed by atoms with Gasteiger partial charge >= 0.3 is 7.05 Å². The van der Waals surface area contributed by atoms with Crippen LogP contribution in [0.3, 0.4) is 0 Å². The molecule has 0 atom stereocenters. The number of amidine groups is 1. The lowest BCUT2D eigenvalue weighted by Crippen LogP contribution is -2.30. The summed E-state index contributed by atoms with van der Waals surface area (Å²) >= 11 is 0. The van der Waals surface area contributed by atoms with Gasteiger partial charge in [-0.3, -0.25) is 15.1 Å². The first kappa shape index (κ1) is 11.3. The van der Waals surface area contributed by atoms with Crippen LogP contribution >= 0.6 is 0 Å². The normalized spacial score (nSPS) is 14.4.